The number of hydrogen-bond acceptors (Lipinski definition) is 3. The molecule has 0 radical (unpaired) electrons. The van der Waals surface area contributed by atoms with Crippen molar-refractivity contribution in [2.45, 2.75) is 26.2 Å². The maximum absolute atomic E-state index is 11.7. The summed E-state index contributed by atoms with van der Waals surface area (Å²) >= 11 is 0. The third-order valence-corrected chi connectivity index (χ3v) is 3.22. The first-order chi connectivity index (χ1) is 9.65. The molecule has 0 aromatic carbocycles. The molecule has 0 spiro atoms. The van der Waals surface area contributed by atoms with Crippen LogP contribution in [0.15, 0.2) is 18.3 Å². The Hall–Kier alpha value is -2.11. The summed E-state index contributed by atoms with van der Waals surface area (Å²) < 4.78 is 0. The molecule has 6 heteroatoms. The maximum Gasteiger partial charge on any atom is 0.319 e. The van der Waals surface area contributed by atoms with Crippen LogP contribution >= 0.6 is 0 Å². The van der Waals surface area contributed by atoms with Crippen LogP contribution in [0.1, 0.15) is 25.0 Å². The highest BCUT2D eigenvalue weighted by Gasteiger charge is 2.18. The molecule has 0 saturated carbocycles. The highest BCUT2D eigenvalue weighted by molar-refractivity contribution is 5.89. The second kappa shape index (κ2) is 6.88. The van der Waals surface area contributed by atoms with Crippen molar-refractivity contribution in [2.75, 3.05) is 25.0 Å². The van der Waals surface area contributed by atoms with E-state index < -0.39 is 0 Å². The van der Waals surface area contributed by atoms with Crippen LogP contribution in [0.5, 0.6) is 0 Å². The lowest BCUT2D eigenvalue weighted by Gasteiger charge is -2.15. The van der Waals surface area contributed by atoms with Crippen LogP contribution in [0.3, 0.4) is 0 Å². The summed E-state index contributed by atoms with van der Waals surface area (Å²) in [5.74, 6) is 0.224. The van der Waals surface area contributed by atoms with E-state index in [0.717, 1.165) is 30.8 Å². The predicted molar refractivity (Wildman–Crippen MR) is 76.4 cm³/mol. The predicted octanol–water partition coefficient (Wildman–Crippen LogP) is 1.52. The van der Waals surface area contributed by atoms with Gasteiger partial charge < -0.3 is 15.5 Å². The lowest BCUT2D eigenvalue weighted by Crippen LogP contribution is -2.33. The van der Waals surface area contributed by atoms with Gasteiger partial charge in [0.05, 0.1) is 0 Å². The topological polar surface area (TPSA) is 74.3 Å². The molecule has 0 atom stereocenters. The number of likely N-dealkylation sites (tertiary alicyclic amines) is 1. The van der Waals surface area contributed by atoms with E-state index in [-0.39, 0.29) is 11.9 Å². The van der Waals surface area contributed by atoms with Crippen LogP contribution in [-0.2, 0) is 4.79 Å². The van der Waals surface area contributed by atoms with E-state index in [9.17, 15) is 9.59 Å². The Morgan fingerprint density at radius 3 is 3.05 bits per heavy atom. The molecular weight excluding hydrogens is 256 g/mol. The summed E-state index contributed by atoms with van der Waals surface area (Å²) in [5, 5.41) is 5.53. The molecule has 1 aliphatic heterocycles. The van der Waals surface area contributed by atoms with Crippen LogP contribution in [0.25, 0.3) is 0 Å². The van der Waals surface area contributed by atoms with Crippen molar-refractivity contribution in [2.24, 2.45) is 0 Å². The van der Waals surface area contributed by atoms with Gasteiger partial charge >= 0.3 is 6.03 Å². The molecule has 0 bridgehead atoms. The lowest BCUT2D eigenvalue weighted by atomic mass is 10.3. The number of nitrogens with zero attached hydrogens (tertiary/aromatic N) is 2. The number of amides is 3. The van der Waals surface area contributed by atoms with E-state index in [4.69, 9.17) is 0 Å². The summed E-state index contributed by atoms with van der Waals surface area (Å²) in [6.45, 7) is 3.99. The molecule has 108 valence electrons. The van der Waals surface area contributed by atoms with Gasteiger partial charge in [0.15, 0.2) is 0 Å². The molecule has 1 aliphatic rings. The highest BCUT2D eigenvalue weighted by atomic mass is 16.2. The largest absolute Gasteiger partial charge is 0.343 e. The molecule has 1 fully saturated rings. The van der Waals surface area contributed by atoms with Gasteiger partial charge in [-0.25, -0.2) is 4.79 Å². The fourth-order valence-corrected chi connectivity index (χ4v) is 2.21. The molecule has 1 saturated heterocycles. The van der Waals surface area contributed by atoms with Gasteiger partial charge in [-0.2, -0.15) is 0 Å². The van der Waals surface area contributed by atoms with Crippen molar-refractivity contribution in [1.29, 1.82) is 0 Å². The third kappa shape index (κ3) is 4.22. The Labute approximate surface area is 118 Å². The van der Waals surface area contributed by atoms with Crippen LogP contribution in [-0.4, -0.2) is 41.5 Å². The minimum Gasteiger partial charge on any atom is -0.343 e. The van der Waals surface area contributed by atoms with Crippen molar-refractivity contribution in [3.63, 3.8) is 0 Å². The fraction of sp³-hybridized carbons (Fsp3) is 0.500. The van der Waals surface area contributed by atoms with Gasteiger partial charge in [0.25, 0.3) is 0 Å². The van der Waals surface area contributed by atoms with Crippen LogP contribution < -0.4 is 10.6 Å². The van der Waals surface area contributed by atoms with Crippen molar-refractivity contribution < 1.29 is 9.59 Å². The number of hydrogen-bond donors (Lipinski definition) is 2. The number of pyridine rings is 1. The van der Waals surface area contributed by atoms with Gasteiger partial charge in [-0.3, -0.25) is 9.78 Å². The third-order valence-electron chi connectivity index (χ3n) is 3.22. The molecule has 20 heavy (non-hydrogen) atoms. The average Bonchev–Trinajstić information content (AvgIpc) is 2.80. The van der Waals surface area contributed by atoms with Gasteiger partial charge in [-0.15, -0.1) is 0 Å². The number of carbonyl (C=O) groups excluding carboxylic acids is 2. The number of urea groups is 1. The Bertz CT molecular complexity index is 490. The zero-order valence-electron chi connectivity index (χ0n) is 11.7. The monoisotopic (exact) mass is 276 g/mol. The second-order valence-corrected chi connectivity index (χ2v) is 4.90. The first kappa shape index (κ1) is 14.3. The van der Waals surface area contributed by atoms with Crippen LogP contribution in [0.2, 0.25) is 0 Å². The smallest absolute Gasteiger partial charge is 0.319 e. The highest BCUT2D eigenvalue weighted by Crippen LogP contribution is 2.09. The van der Waals surface area contributed by atoms with Gasteiger partial charge in [0.2, 0.25) is 5.91 Å². The zero-order valence-corrected chi connectivity index (χ0v) is 11.7. The van der Waals surface area contributed by atoms with Crippen molar-refractivity contribution in [3.05, 3.63) is 24.0 Å². The van der Waals surface area contributed by atoms with Crippen molar-refractivity contribution >= 4 is 17.6 Å². The Morgan fingerprint density at radius 1 is 1.50 bits per heavy atom. The van der Waals surface area contributed by atoms with E-state index in [0.29, 0.717) is 19.5 Å². The molecule has 2 heterocycles. The summed E-state index contributed by atoms with van der Waals surface area (Å²) in [6, 6.07) is 3.32. The van der Waals surface area contributed by atoms with Gasteiger partial charge in [0.1, 0.15) is 0 Å². The Kier molecular flexibility index (Phi) is 4.92. The molecule has 2 N–H and O–H groups in total. The van der Waals surface area contributed by atoms with E-state index in [1.165, 1.54) is 0 Å². The minimum absolute atomic E-state index is 0.224. The van der Waals surface area contributed by atoms with Gasteiger partial charge in [-0.1, -0.05) is 0 Å². The normalized spacial score (nSPS) is 14.4. The van der Waals surface area contributed by atoms with E-state index in [1.54, 1.807) is 12.3 Å². The minimum atomic E-state index is -0.233. The molecule has 2 rings (SSSR count). The summed E-state index contributed by atoms with van der Waals surface area (Å²) in [4.78, 5) is 29.0. The van der Waals surface area contributed by atoms with Crippen molar-refractivity contribution in [1.82, 2.24) is 15.2 Å². The number of nitrogens with one attached hydrogen (secondary N) is 2. The summed E-state index contributed by atoms with van der Waals surface area (Å²) in [6.07, 6.45) is 4.04. The molecule has 0 unspecified atom stereocenters. The average molecular weight is 276 g/mol. The Morgan fingerprint density at radius 2 is 2.35 bits per heavy atom. The number of aromatic nitrogens is 1. The number of aryl methyl sites for hydroxylation is 1. The molecule has 1 aromatic heterocycles. The Balaban J connectivity index is 1.64. The van der Waals surface area contributed by atoms with Crippen LogP contribution in [0.4, 0.5) is 10.5 Å². The van der Waals surface area contributed by atoms with Gasteiger partial charge in [-0.05, 0) is 31.9 Å². The van der Waals surface area contributed by atoms with E-state index in [2.05, 4.69) is 15.6 Å². The lowest BCUT2D eigenvalue weighted by molar-refractivity contribution is -0.127. The quantitative estimate of drug-likeness (QED) is 0.801. The summed E-state index contributed by atoms with van der Waals surface area (Å²) in [5.41, 5.74) is 1.58. The number of anilines is 1. The van der Waals surface area contributed by atoms with Crippen molar-refractivity contribution in [3.8, 4) is 0 Å². The standard InChI is InChI=1S/C14H20N4O2/c1-11-10-12(5-7-15-11)17-14(20)16-6-3-9-18-8-2-4-13(18)19/h5,7,10H,2-4,6,8-9H2,1H3,(H2,15,16,17,20). The van der Waals surface area contributed by atoms with E-state index >= 15 is 0 Å². The van der Waals surface area contributed by atoms with E-state index in [1.807, 2.05) is 17.9 Å². The first-order valence-corrected chi connectivity index (χ1v) is 6.90. The summed E-state index contributed by atoms with van der Waals surface area (Å²) in [7, 11) is 0. The fourth-order valence-electron chi connectivity index (χ4n) is 2.21. The molecule has 0 aliphatic carbocycles. The SMILES string of the molecule is Cc1cc(NC(=O)NCCCN2CCCC2=O)ccn1. The molecule has 6 nitrogen and oxygen atoms in total. The second-order valence-electron chi connectivity index (χ2n) is 4.90. The molecule has 1 aromatic rings. The van der Waals surface area contributed by atoms with Gasteiger partial charge in [0, 0.05) is 43.6 Å². The molecular formula is C14H20N4O2. The number of rotatable bonds is 5. The van der Waals surface area contributed by atoms with Crippen LogP contribution in [0, 0.1) is 6.92 Å². The first-order valence-electron chi connectivity index (χ1n) is 6.90. The number of carbonyl (C=O) groups is 2. The molecule has 3 amide bonds. The zero-order chi connectivity index (χ0) is 14.4. The maximum atomic E-state index is 11.7.